The summed E-state index contributed by atoms with van der Waals surface area (Å²) in [5.74, 6) is 1.77. The molecule has 1 aliphatic carbocycles. The second-order valence-corrected chi connectivity index (χ2v) is 7.01. The number of nitrogens with one attached hydrogen (secondary N) is 1. The Bertz CT molecular complexity index is 545. The van der Waals surface area contributed by atoms with Crippen LogP contribution < -0.4 is 5.32 Å². The van der Waals surface area contributed by atoms with Gasteiger partial charge >= 0.3 is 0 Å². The summed E-state index contributed by atoms with van der Waals surface area (Å²) >= 11 is 1.86. The van der Waals surface area contributed by atoms with Gasteiger partial charge < -0.3 is 5.32 Å². The average molecular weight is 273 g/mol. The van der Waals surface area contributed by atoms with Gasteiger partial charge in [-0.3, -0.25) is 0 Å². The van der Waals surface area contributed by atoms with Crippen molar-refractivity contribution in [2.45, 2.75) is 45.7 Å². The predicted molar refractivity (Wildman–Crippen MR) is 84.6 cm³/mol. The van der Waals surface area contributed by atoms with Crippen molar-refractivity contribution in [1.82, 2.24) is 5.32 Å². The summed E-state index contributed by atoms with van der Waals surface area (Å²) < 4.78 is 1.41. The SMILES string of the molecule is CC1CCC(NCc2csc3ccccc23)CC1C. The van der Waals surface area contributed by atoms with Gasteiger partial charge in [-0.25, -0.2) is 0 Å². The number of rotatable bonds is 3. The van der Waals surface area contributed by atoms with Gasteiger partial charge in [0.2, 0.25) is 0 Å². The molecule has 1 heterocycles. The van der Waals surface area contributed by atoms with Crippen LogP contribution in [0, 0.1) is 11.8 Å². The molecule has 3 atom stereocenters. The summed E-state index contributed by atoms with van der Waals surface area (Å²) in [7, 11) is 0. The topological polar surface area (TPSA) is 12.0 Å². The van der Waals surface area contributed by atoms with Crippen LogP contribution in [0.2, 0.25) is 0 Å². The van der Waals surface area contributed by atoms with Crippen LogP contribution >= 0.6 is 11.3 Å². The highest BCUT2D eigenvalue weighted by Gasteiger charge is 2.24. The van der Waals surface area contributed by atoms with Gasteiger partial charge in [-0.1, -0.05) is 32.0 Å². The maximum atomic E-state index is 3.77. The Kier molecular flexibility index (Phi) is 3.90. The van der Waals surface area contributed by atoms with Crippen LogP contribution in [-0.2, 0) is 6.54 Å². The van der Waals surface area contributed by atoms with Gasteiger partial charge in [-0.05, 0) is 53.5 Å². The predicted octanol–water partition coefficient (Wildman–Crippen LogP) is 4.82. The summed E-state index contributed by atoms with van der Waals surface area (Å²) in [4.78, 5) is 0. The molecule has 2 heteroatoms. The van der Waals surface area contributed by atoms with Crippen LogP contribution in [0.4, 0.5) is 0 Å². The minimum Gasteiger partial charge on any atom is -0.310 e. The Morgan fingerprint density at radius 1 is 1.16 bits per heavy atom. The molecule has 0 radical (unpaired) electrons. The van der Waals surface area contributed by atoms with Crippen LogP contribution in [0.15, 0.2) is 29.6 Å². The standard InChI is InChI=1S/C17H23NS/c1-12-7-8-15(9-13(12)2)18-10-14-11-19-17-6-4-3-5-16(14)17/h3-6,11-13,15,18H,7-10H2,1-2H3. The molecule has 1 aliphatic rings. The smallest absolute Gasteiger partial charge is 0.0346 e. The Balaban J connectivity index is 1.63. The largest absolute Gasteiger partial charge is 0.310 e. The molecule has 1 nitrogen and oxygen atoms in total. The van der Waals surface area contributed by atoms with Gasteiger partial charge in [0.25, 0.3) is 0 Å². The zero-order chi connectivity index (χ0) is 13.2. The zero-order valence-electron chi connectivity index (χ0n) is 11.9. The maximum absolute atomic E-state index is 3.77. The van der Waals surface area contributed by atoms with Crippen LogP contribution in [-0.4, -0.2) is 6.04 Å². The lowest BCUT2D eigenvalue weighted by Gasteiger charge is -2.32. The van der Waals surface area contributed by atoms with Gasteiger partial charge in [0.05, 0.1) is 0 Å². The van der Waals surface area contributed by atoms with E-state index >= 15 is 0 Å². The first-order valence-electron chi connectivity index (χ1n) is 7.42. The Labute approximate surface area is 120 Å². The number of benzene rings is 1. The van der Waals surface area contributed by atoms with E-state index < -0.39 is 0 Å². The quantitative estimate of drug-likeness (QED) is 0.845. The van der Waals surface area contributed by atoms with Gasteiger partial charge in [-0.2, -0.15) is 0 Å². The fourth-order valence-electron chi connectivity index (χ4n) is 3.16. The van der Waals surface area contributed by atoms with E-state index in [1.807, 2.05) is 11.3 Å². The van der Waals surface area contributed by atoms with E-state index in [-0.39, 0.29) is 0 Å². The molecule has 102 valence electrons. The van der Waals surface area contributed by atoms with Crippen molar-refractivity contribution in [2.24, 2.45) is 11.8 Å². The zero-order valence-corrected chi connectivity index (χ0v) is 12.7. The molecule has 1 saturated carbocycles. The third kappa shape index (κ3) is 2.85. The minimum atomic E-state index is 0.713. The fourth-order valence-corrected chi connectivity index (χ4v) is 4.12. The molecule has 3 rings (SSSR count). The third-order valence-corrected chi connectivity index (χ3v) is 5.75. The normalized spacial score (nSPS) is 27.8. The van der Waals surface area contributed by atoms with Crippen molar-refractivity contribution < 1.29 is 0 Å². The van der Waals surface area contributed by atoms with Gasteiger partial charge in [0.1, 0.15) is 0 Å². The van der Waals surface area contributed by atoms with E-state index in [9.17, 15) is 0 Å². The first kappa shape index (κ1) is 13.1. The Morgan fingerprint density at radius 2 is 2.00 bits per heavy atom. The number of thiophene rings is 1. The highest BCUT2D eigenvalue weighted by atomic mass is 32.1. The molecule has 19 heavy (non-hydrogen) atoms. The highest BCUT2D eigenvalue weighted by Crippen LogP contribution is 2.30. The maximum Gasteiger partial charge on any atom is 0.0346 e. The molecule has 0 aliphatic heterocycles. The van der Waals surface area contributed by atoms with Crippen molar-refractivity contribution >= 4 is 21.4 Å². The van der Waals surface area contributed by atoms with Crippen molar-refractivity contribution in [3.8, 4) is 0 Å². The summed E-state index contributed by atoms with van der Waals surface area (Å²) in [6, 6.07) is 9.44. The fraction of sp³-hybridized carbons (Fsp3) is 0.529. The lowest BCUT2D eigenvalue weighted by Crippen LogP contribution is -2.35. The summed E-state index contributed by atoms with van der Waals surface area (Å²) in [6.07, 6.45) is 4.06. The molecule has 0 spiro atoms. The van der Waals surface area contributed by atoms with Crippen molar-refractivity contribution in [2.75, 3.05) is 0 Å². The Morgan fingerprint density at radius 3 is 2.84 bits per heavy atom. The second kappa shape index (κ2) is 5.64. The molecule has 1 aromatic carbocycles. The molecular formula is C17H23NS. The van der Waals surface area contributed by atoms with Crippen molar-refractivity contribution in [3.63, 3.8) is 0 Å². The van der Waals surface area contributed by atoms with Crippen LogP contribution in [0.1, 0.15) is 38.7 Å². The molecule has 0 bridgehead atoms. The lowest BCUT2D eigenvalue weighted by atomic mass is 9.79. The highest BCUT2D eigenvalue weighted by molar-refractivity contribution is 7.17. The molecule has 1 aromatic heterocycles. The Hall–Kier alpha value is -0.860. The summed E-state index contributed by atoms with van der Waals surface area (Å²) in [5, 5.41) is 7.51. The van der Waals surface area contributed by atoms with E-state index in [4.69, 9.17) is 0 Å². The molecule has 2 aromatic rings. The monoisotopic (exact) mass is 273 g/mol. The second-order valence-electron chi connectivity index (χ2n) is 6.10. The molecule has 1 fully saturated rings. The van der Waals surface area contributed by atoms with Gasteiger partial charge in [0.15, 0.2) is 0 Å². The average Bonchev–Trinajstić information content (AvgIpc) is 2.83. The van der Waals surface area contributed by atoms with Crippen molar-refractivity contribution in [1.29, 1.82) is 0 Å². The lowest BCUT2D eigenvalue weighted by molar-refractivity contribution is 0.225. The van der Waals surface area contributed by atoms with Crippen LogP contribution in [0.5, 0.6) is 0 Å². The van der Waals surface area contributed by atoms with Crippen LogP contribution in [0.25, 0.3) is 10.1 Å². The van der Waals surface area contributed by atoms with E-state index in [1.165, 1.54) is 34.9 Å². The first-order valence-corrected chi connectivity index (χ1v) is 8.30. The first-order chi connectivity index (χ1) is 9.24. The minimum absolute atomic E-state index is 0.713. The van der Waals surface area contributed by atoms with E-state index in [1.54, 1.807) is 0 Å². The molecular weight excluding hydrogens is 250 g/mol. The van der Waals surface area contributed by atoms with E-state index in [2.05, 4.69) is 48.8 Å². The summed E-state index contributed by atoms with van der Waals surface area (Å²) in [5.41, 5.74) is 1.46. The molecule has 0 amide bonds. The third-order valence-electron chi connectivity index (χ3n) is 4.74. The van der Waals surface area contributed by atoms with Crippen LogP contribution in [0.3, 0.4) is 0 Å². The number of fused-ring (bicyclic) bond motifs is 1. The number of hydrogen-bond acceptors (Lipinski definition) is 2. The molecule has 1 N–H and O–H groups in total. The molecule has 0 saturated heterocycles. The van der Waals surface area contributed by atoms with E-state index in [0.29, 0.717) is 6.04 Å². The van der Waals surface area contributed by atoms with Gasteiger partial charge in [0, 0.05) is 17.3 Å². The number of hydrogen-bond donors (Lipinski definition) is 1. The van der Waals surface area contributed by atoms with E-state index in [0.717, 1.165) is 18.4 Å². The molecule has 3 unspecified atom stereocenters. The summed E-state index contributed by atoms with van der Waals surface area (Å²) in [6.45, 7) is 5.82. The van der Waals surface area contributed by atoms with Gasteiger partial charge in [-0.15, -0.1) is 11.3 Å². The van der Waals surface area contributed by atoms with Crippen molar-refractivity contribution in [3.05, 3.63) is 35.2 Å².